The van der Waals surface area contributed by atoms with Crippen molar-refractivity contribution in [1.82, 2.24) is 4.98 Å². The summed E-state index contributed by atoms with van der Waals surface area (Å²) < 4.78 is 11.4. The number of carbonyl (C=O) groups is 3. The normalized spacial score (nSPS) is 27.3. The number of thiazole rings is 1. The van der Waals surface area contributed by atoms with Crippen LogP contribution in [0.1, 0.15) is 22.8 Å². The van der Waals surface area contributed by atoms with Crippen LogP contribution >= 0.6 is 34.7 Å². The van der Waals surface area contributed by atoms with Crippen LogP contribution in [0.4, 0.5) is 11.4 Å². The zero-order valence-electron chi connectivity index (χ0n) is 24.5. The highest BCUT2D eigenvalue weighted by Gasteiger charge is 2.69. The number of imide groups is 1. The largest absolute Gasteiger partial charge is 0.497 e. The quantitative estimate of drug-likeness (QED) is 0.238. The average molecular weight is 674 g/mol. The van der Waals surface area contributed by atoms with Gasteiger partial charge in [-0.15, -0.1) is 11.8 Å². The Balaban J connectivity index is 1.14. The van der Waals surface area contributed by atoms with Gasteiger partial charge in [0.25, 0.3) is 5.91 Å². The first-order valence-electron chi connectivity index (χ1n) is 15.0. The van der Waals surface area contributed by atoms with Gasteiger partial charge in [-0.25, -0.2) is 0 Å². The van der Waals surface area contributed by atoms with E-state index in [1.807, 2.05) is 24.3 Å². The molecule has 12 heteroatoms. The summed E-state index contributed by atoms with van der Waals surface area (Å²) in [7, 11) is 1.57. The first-order valence-corrected chi connectivity index (χ1v) is 17.1. The highest BCUT2D eigenvalue weighted by atomic mass is 35.5. The second-order valence-corrected chi connectivity index (χ2v) is 14.7. The SMILES string of the molecule is COc1ccc(N2C(=O)C3C(C2=O)[C@@H]2C[C@H]3C3Sc4[nH]c(=O)sc4[C@H](c4cc(Cl)ccc4OCC(=O)Nc4ccccc4)C32)cc1. The number of anilines is 2. The molecule has 2 aliphatic carbocycles. The summed E-state index contributed by atoms with van der Waals surface area (Å²) >= 11 is 9.35. The van der Waals surface area contributed by atoms with Crippen LogP contribution in [-0.2, 0) is 14.4 Å². The molecular formula is C34H28ClN3O6S2. The van der Waals surface area contributed by atoms with Crippen molar-refractivity contribution in [3.63, 3.8) is 0 Å². The molecule has 2 saturated carbocycles. The average Bonchev–Trinajstić information content (AvgIpc) is 3.79. The number of methoxy groups -OCH3 is 1. The Morgan fingerprint density at radius 2 is 1.74 bits per heavy atom. The van der Waals surface area contributed by atoms with Gasteiger partial charge in [0.05, 0.1) is 29.7 Å². The smallest absolute Gasteiger partial charge is 0.305 e. The lowest BCUT2D eigenvalue weighted by molar-refractivity contribution is -0.123. The summed E-state index contributed by atoms with van der Waals surface area (Å²) in [6.07, 6.45) is 0.748. The number of nitrogens with one attached hydrogen (secondary N) is 2. The van der Waals surface area contributed by atoms with Gasteiger partial charge in [0, 0.05) is 32.3 Å². The van der Waals surface area contributed by atoms with Crippen molar-refractivity contribution in [3.8, 4) is 11.5 Å². The number of H-pyrrole nitrogens is 1. The van der Waals surface area contributed by atoms with Crippen LogP contribution in [0, 0.1) is 29.6 Å². The standard InChI is InChI=1S/C34H28ClN3O6S2/c1-43-19-10-8-18(9-11-19)38-32(40)27-21-14-22(28(27)33(38)41)29-26(21)25(30-31(45-29)37-34(42)46-30)20-13-16(35)7-12-23(20)44-15-24(39)36-17-5-3-2-4-6-17/h2-13,21-22,25-29H,14-15H2,1H3,(H,36,39)(H,37,42)/t21-,22-,25-,26?,27?,28?,29?/m1/s1. The number of aromatic nitrogens is 1. The van der Waals surface area contributed by atoms with E-state index in [-0.39, 0.29) is 58.1 Å². The highest BCUT2D eigenvalue weighted by Crippen LogP contribution is 2.69. The van der Waals surface area contributed by atoms with Gasteiger partial charge < -0.3 is 19.8 Å². The summed E-state index contributed by atoms with van der Waals surface area (Å²) in [6, 6.07) is 21.4. The molecule has 3 heterocycles. The van der Waals surface area contributed by atoms with E-state index in [9.17, 15) is 19.2 Å². The minimum Gasteiger partial charge on any atom is -0.497 e. The van der Waals surface area contributed by atoms with Crippen LogP contribution < -0.4 is 24.6 Å². The minimum absolute atomic E-state index is 0.00483. The maximum Gasteiger partial charge on any atom is 0.305 e. The molecule has 3 aromatic carbocycles. The van der Waals surface area contributed by atoms with Gasteiger partial charge in [-0.3, -0.25) is 24.1 Å². The molecule has 3 amide bonds. The number of para-hydroxylation sites is 1. The Morgan fingerprint density at radius 1 is 1.00 bits per heavy atom. The lowest BCUT2D eigenvalue weighted by Gasteiger charge is -2.43. The molecule has 3 fully saturated rings. The van der Waals surface area contributed by atoms with Crippen molar-refractivity contribution in [2.75, 3.05) is 23.9 Å². The summed E-state index contributed by atoms with van der Waals surface area (Å²) in [5.41, 5.74) is 1.97. The number of rotatable bonds is 7. The van der Waals surface area contributed by atoms with Crippen LogP contribution in [0.2, 0.25) is 5.02 Å². The zero-order valence-corrected chi connectivity index (χ0v) is 26.9. The second kappa shape index (κ2) is 11.3. The molecule has 2 aliphatic heterocycles. The van der Waals surface area contributed by atoms with E-state index in [0.717, 1.165) is 33.2 Å². The van der Waals surface area contributed by atoms with Crippen molar-refractivity contribution in [3.05, 3.63) is 97.9 Å². The topological polar surface area (TPSA) is 118 Å². The van der Waals surface area contributed by atoms with E-state index in [1.165, 1.54) is 4.90 Å². The van der Waals surface area contributed by atoms with E-state index >= 15 is 0 Å². The summed E-state index contributed by atoms with van der Waals surface area (Å²) in [5, 5.41) is 4.11. The van der Waals surface area contributed by atoms with E-state index in [2.05, 4.69) is 10.3 Å². The van der Waals surface area contributed by atoms with Gasteiger partial charge in [-0.05, 0) is 78.8 Å². The van der Waals surface area contributed by atoms with Crippen LogP contribution in [-0.4, -0.2) is 41.7 Å². The molecule has 4 aliphatic rings. The van der Waals surface area contributed by atoms with Crippen LogP contribution in [0.25, 0.3) is 0 Å². The second-order valence-electron chi connectivity index (χ2n) is 12.1. The molecule has 0 spiro atoms. The highest BCUT2D eigenvalue weighted by molar-refractivity contribution is 8.00. The fourth-order valence-corrected chi connectivity index (χ4v) is 11.2. The van der Waals surface area contributed by atoms with Gasteiger partial charge in [0.15, 0.2) is 6.61 Å². The Hall–Kier alpha value is -4.06. The Kier molecular flexibility index (Phi) is 7.23. The molecule has 2 N–H and O–H groups in total. The number of carbonyl (C=O) groups excluding carboxylic acids is 3. The predicted molar refractivity (Wildman–Crippen MR) is 176 cm³/mol. The Morgan fingerprint density at radius 3 is 2.48 bits per heavy atom. The molecule has 9 nitrogen and oxygen atoms in total. The molecule has 1 saturated heterocycles. The first kappa shape index (κ1) is 29.3. The van der Waals surface area contributed by atoms with Crippen molar-refractivity contribution in [1.29, 1.82) is 0 Å². The van der Waals surface area contributed by atoms with Crippen molar-refractivity contribution < 1.29 is 23.9 Å². The maximum atomic E-state index is 14.1. The van der Waals surface area contributed by atoms with Gasteiger partial charge in [0.1, 0.15) is 11.5 Å². The van der Waals surface area contributed by atoms with Crippen molar-refractivity contribution in [2.45, 2.75) is 22.6 Å². The number of halogens is 1. The summed E-state index contributed by atoms with van der Waals surface area (Å²) in [5.74, 6) is -0.890. The Bertz CT molecular complexity index is 1930. The summed E-state index contributed by atoms with van der Waals surface area (Å²) in [4.78, 5) is 58.6. The number of thioether (sulfide) groups is 1. The number of ether oxygens (including phenoxy) is 2. The molecule has 4 aromatic rings. The predicted octanol–water partition coefficient (Wildman–Crippen LogP) is 5.79. The van der Waals surface area contributed by atoms with Crippen LogP contribution in [0.15, 0.2) is 82.6 Å². The van der Waals surface area contributed by atoms with Crippen molar-refractivity contribution >= 4 is 63.8 Å². The molecule has 4 unspecified atom stereocenters. The third kappa shape index (κ3) is 4.66. The van der Waals surface area contributed by atoms with Crippen molar-refractivity contribution in [2.24, 2.45) is 29.6 Å². The number of nitrogens with zero attached hydrogens (tertiary/aromatic N) is 1. The lowest BCUT2D eigenvalue weighted by Crippen LogP contribution is -2.42. The molecule has 0 radical (unpaired) electrons. The van der Waals surface area contributed by atoms with Gasteiger partial charge in [0.2, 0.25) is 11.8 Å². The maximum absolute atomic E-state index is 14.1. The molecule has 7 atom stereocenters. The molecule has 2 bridgehead atoms. The van der Waals surface area contributed by atoms with Gasteiger partial charge in [-0.1, -0.05) is 41.1 Å². The van der Waals surface area contributed by atoms with Crippen LogP contribution in [0.5, 0.6) is 11.5 Å². The monoisotopic (exact) mass is 673 g/mol. The summed E-state index contributed by atoms with van der Waals surface area (Å²) in [6.45, 7) is -0.226. The number of hydrogen-bond donors (Lipinski definition) is 2. The van der Waals surface area contributed by atoms with E-state index < -0.39 is 11.8 Å². The third-order valence-electron chi connectivity index (χ3n) is 9.78. The number of hydrogen-bond acceptors (Lipinski definition) is 8. The molecule has 8 rings (SSSR count). The molecule has 46 heavy (non-hydrogen) atoms. The minimum atomic E-state index is -0.457. The first-order chi connectivity index (χ1) is 22.3. The fourth-order valence-electron chi connectivity index (χ4n) is 8.11. The number of amides is 3. The number of fused-ring (bicyclic) bond motifs is 9. The van der Waals surface area contributed by atoms with E-state index in [1.54, 1.807) is 67.4 Å². The molecular weight excluding hydrogens is 646 g/mol. The van der Waals surface area contributed by atoms with E-state index in [4.69, 9.17) is 21.1 Å². The van der Waals surface area contributed by atoms with E-state index in [0.29, 0.717) is 27.9 Å². The van der Waals surface area contributed by atoms with Gasteiger partial charge >= 0.3 is 4.87 Å². The third-order valence-corrected chi connectivity index (χ3v) is 12.6. The van der Waals surface area contributed by atoms with Gasteiger partial charge in [-0.2, -0.15) is 0 Å². The number of benzene rings is 3. The molecule has 234 valence electrons. The number of aromatic amines is 1. The zero-order chi connectivity index (χ0) is 31.7. The lowest BCUT2D eigenvalue weighted by atomic mass is 9.68. The Labute approximate surface area is 277 Å². The van der Waals surface area contributed by atoms with Crippen LogP contribution in [0.3, 0.4) is 0 Å². The fraction of sp³-hybridized carbons (Fsp3) is 0.294. The molecule has 1 aromatic heterocycles.